The van der Waals surface area contributed by atoms with E-state index in [1.807, 2.05) is 0 Å². The van der Waals surface area contributed by atoms with Gasteiger partial charge < -0.3 is 9.84 Å². The van der Waals surface area contributed by atoms with Crippen LogP contribution < -0.4 is 0 Å². The summed E-state index contributed by atoms with van der Waals surface area (Å²) < 4.78 is 4.68. The number of rotatable bonds is 4. The fraction of sp³-hybridized carbons (Fsp3) is 0.714. The van der Waals surface area contributed by atoms with Gasteiger partial charge in [0.1, 0.15) is 6.61 Å². The Bertz CT molecular complexity index is 212. The molecule has 0 heterocycles. The van der Waals surface area contributed by atoms with E-state index in [1.165, 1.54) is 0 Å². The smallest absolute Gasteiger partial charge is 0.107 e. The quantitative estimate of drug-likeness (QED) is 0.291. The molecule has 5 heteroatoms. The molecule has 0 aromatic rings. The Morgan fingerprint density at radius 2 is 2.42 bits per heavy atom. The number of hydrogen-bond acceptors (Lipinski definition) is 3. The summed E-state index contributed by atoms with van der Waals surface area (Å²) in [5, 5.41) is 12.0. The van der Waals surface area contributed by atoms with Crippen LogP contribution in [0.4, 0.5) is 0 Å². The minimum Gasteiger partial charge on any atom is -0.396 e. The maximum absolute atomic E-state index is 8.65. The summed E-state index contributed by atoms with van der Waals surface area (Å²) in [4.78, 5) is 2.57. The fourth-order valence-electron chi connectivity index (χ4n) is 0.528. The van der Waals surface area contributed by atoms with Gasteiger partial charge in [0.25, 0.3) is 0 Å². The Kier molecular flexibility index (Phi) is 7.10. The average Bonchev–Trinajstić information content (AvgIpc) is 2.10. The van der Waals surface area contributed by atoms with Gasteiger partial charge in [0.05, 0.1) is 12.6 Å². The predicted octanol–water partition coefficient (Wildman–Crippen LogP) is 0.698. The lowest BCUT2D eigenvalue weighted by Gasteiger charge is -1.99. The molecular formula is C7H11N3O2. The van der Waals surface area contributed by atoms with Crippen molar-refractivity contribution < 1.29 is 9.84 Å². The molecule has 0 radical (unpaired) electrons. The van der Waals surface area contributed by atoms with Crippen LogP contribution in [0.3, 0.4) is 0 Å². The SMILES string of the molecule is COCC#CCC(CO)N=[N+]=[N-]. The van der Waals surface area contributed by atoms with E-state index in [9.17, 15) is 0 Å². The lowest BCUT2D eigenvalue weighted by Crippen LogP contribution is -2.07. The van der Waals surface area contributed by atoms with Gasteiger partial charge in [0, 0.05) is 18.4 Å². The zero-order chi connectivity index (χ0) is 9.23. The minimum atomic E-state index is -0.445. The molecule has 1 N–H and O–H groups in total. The number of ether oxygens (including phenoxy) is 1. The number of azide groups is 1. The van der Waals surface area contributed by atoms with E-state index in [1.54, 1.807) is 7.11 Å². The molecule has 0 saturated heterocycles. The van der Waals surface area contributed by atoms with Crippen molar-refractivity contribution in [2.45, 2.75) is 12.5 Å². The normalized spacial score (nSPS) is 10.8. The summed E-state index contributed by atoms with van der Waals surface area (Å²) in [6.07, 6.45) is 0.365. The molecule has 1 atom stereocenters. The van der Waals surface area contributed by atoms with Gasteiger partial charge in [0.2, 0.25) is 0 Å². The Hall–Kier alpha value is -1.21. The average molecular weight is 169 g/mol. The summed E-state index contributed by atoms with van der Waals surface area (Å²) >= 11 is 0. The summed E-state index contributed by atoms with van der Waals surface area (Å²) in [5.41, 5.74) is 8.04. The summed E-state index contributed by atoms with van der Waals surface area (Å²) in [7, 11) is 1.55. The van der Waals surface area contributed by atoms with Crippen molar-refractivity contribution in [2.75, 3.05) is 20.3 Å². The molecular weight excluding hydrogens is 158 g/mol. The molecule has 0 fully saturated rings. The van der Waals surface area contributed by atoms with E-state index in [-0.39, 0.29) is 6.61 Å². The number of nitrogens with zero attached hydrogens (tertiary/aromatic N) is 3. The molecule has 0 aromatic heterocycles. The molecule has 0 rings (SSSR count). The Balaban J connectivity index is 3.73. The van der Waals surface area contributed by atoms with Crippen LogP contribution in [0.1, 0.15) is 6.42 Å². The highest BCUT2D eigenvalue weighted by Crippen LogP contribution is 1.95. The van der Waals surface area contributed by atoms with Gasteiger partial charge in [-0.3, -0.25) is 0 Å². The van der Waals surface area contributed by atoms with Crippen molar-refractivity contribution in [3.63, 3.8) is 0 Å². The zero-order valence-electron chi connectivity index (χ0n) is 6.90. The van der Waals surface area contributed by atoms with Gasteiger partial charge in [-0.15, -0.1) is 5.92 Å². The lowest BCUT2D eigenvalue weighted by molar-refractivity contribution is 0.239. The highest BCUT2D eigenvalue weighted by atomic mass is 16.5. The van der Waals surface area contributed by atoms with E-state index in [0.717, 1.165) is 0 Å². The first-order valence-electron chi connectivity index (χ1n) is 3.44. The molecule has 0 spiro atoms. The van der Waals surface area contributed by atoms with Crippen LogP contribution in [0.15, 0.2) is 5.11 Å². The van der Waals surface area contributed by atoms with Crippen molar-refractivity contribution in [1.29, 1.82) is 0 Å². The van der Waals surface area contributed by atoms with E-state index >= 15 is 0 Å². The standard InChI is InChI=1S/C7H11N3O2/c1-12-5-3-2-4-7(6-11)9-10-8/h7,11H,4-6H2,1H3. The second kappa shape index (κ2) is 7.89. The van der Waals surface area contributed by atoms with Crippen LogP contribution in [0, 0.1) is 11.8 Å². The van der Waals surface area contributed by atoms with E-state index in [0.29, 0.717) is 13.0 Å². The van der Waals surface area contributed by atoms with E-state index < -0.39 is 6.04 Å². The molecule has 1 unspecified atom stereocenters. The molecule has 0 aliphatic heterocycles. The van der Waals surface area contributed by atoms with Crippen molar-refractivity contribution in [2.24, 2.45) is 5.11 Å². The summed E-state index contributed by atoms with van der Waals surface area (Å²) in [6, 6.07) is -0.445. The Labute approximate surface area is 71.0 Å². The molecule has 0 saturated carbocycles. The van der Waals surface area contributed by atoms with Crippen LogP contribution in [0.2, 0.25) is 0 Å². The van der Waals surface area contributed by atoms with Crippen LogP contribution in [0.25, 0.3) is 10.4 Å². The third kappa shape index (κ3) is 5.57. The fourth-order valence-corrected chi connectivity index (χ4v) is 0.528. The Morgan fingerprint density at radius 1 is 1.67 bits per heavy atom. The molecule has 12 heavy (non-hydrogen) atoms. The van der Waals surface area contributed by atoms with Gasteiger partial charge in [0.15, 0.2) is 0 Å². The van der Waals surface area contributed by atoms with Crippen LogP contribution in [-0.4, -0.2) is 31.5 Å². The van der Waals surface area contributed by atoms with Crippen molar-refractivity contribution in [3.8, 4) is 11.8 Å². The third-order valence-electron chi connectivity index (χ3n) is 1.10. The molecule has 66 valence electrons. The summed E-state index contributed by atoms with van der Waals surface area (Å²) in [5.74, 6) is 5.41. The first-order valence-corrected chi connectivity index (χ1v) is 3.44. The van der Waals surface area contributed by atoms with Crippen LogP contribution >= 0.6 is 0 Å². The molecule has 0 bridgehead atoms. The monoisotopic (exact) mass is 169 g/mol. The number of methoxy groups -OCH3 is 1. The van der Waals surface area contributed by atoms with E-state index in [2.05, 4.69) is 26.6 Å². The van der Waals surface area contributed by atoms with Gasteiger partial charge in [-0.2, -0.15) is 0 Å². The molecule has 5 nitrogen and oxygen atoms in total. The largest absolute Gasteiger partial charge is 0.396 e. The second-order valence-electron chi connectivity index (χ2n) is 2.03. The third-order valence-corrected chi connectivity index (χ3v) is 1.10. The minimum absolute atomic E-state index is 0.175. The maximum atomic E-state index is 8.65. The maximum Gasteiger partial charge on any atom is 0.107 e. The number of aliphatic hydroxyl groups is 1. The van der Waals surface area contributed by atoms with Gasteiger partial charge in [-0.25, -0.2) is 0 Å². The van der Waals surface area contributed by atoms with Crippen molar-refractivity contribution in [3.05, 3.63) is 10.4 Å². The number of hydrogen-bond donors (Lipinski definition) is 1. The number of aliphatic hydroxyl groups excluding tert-OH is 1. The van der Waals surface area contributed by atoms with Crippen molar-refractivity contribution in [1.82, 2.24) is 0 Å². The zero-order valence-corrected chi connectivity index (χ0v) is 6.90. The molecule has 0 amide bonds. The van der Waals surface area contributed by atoms with Gasteiger partial charge in [-0.05, 0) is 5.53 Å². The van der Waals surface area contributed by atoms with Gasteiger partial charge in [-0.1, -0.05) is 11.0 Å². The molecule has 0 aliphatic rings. The first-order chi connectivity index (χ1) is 5.85. The predicted molar refractivity (Wildman–Crippen MR) is 44.3 cm³/mol. The lowest BCUT2D eigenvalue weighted by atomic mass is 10.2. The highest BCUT2D eigenvalue weighted by Gasteiger charge is 1.99. The van der Waals surface area contributed by atoms with Crippen molar-refractivity contribution >= 4 is 0 Å². The van der Waals surface area contributed by atoms with Crippen LogP contribution in [0.5, 0.6) is 0 Å². The van der Waals surface area contributed by atoms with Gasteiger partial charge >= 0.3 is 0 Å². The first kappa shape index (κ1) is 10.8. The molecule has 0 aliphatic carbocycles. The topological polar surface area (TPSA) is 78.2 Å². The molecule has 0 aromatic carbocycles. The highest BCUT2D eigenvalue weighted by molar-refractivity contribution is 5.01. The second-order valence-corrected chi connectivity index (χ2v) is 2.03. The van der Waals surface area contributed by atoms with E-state index in [4.69, 9.17) is 10.6 Å². The summed E-state index contributed by atoms with van der Waals surface area (Å²) in [6.45, 7) is 0.181. The van der Waals surface area contributed by atoms with Crippen LogP contribution in [-0.2, 0) is 4.74 Å². The Morgan fingerprint density at radius 3 is 2.92 bits per heavy atom.